The Labute approximate surface area is 238 Å². The summed E-state index contributed by atoms with van der Waals surface area (Å²) < 4.78 is 20.0. The van der Waals surface area contributed by atoms with E-state index in [1.54, 1.807) is 0 Å². The van der Waals surface area contributed by atoms with Crippen molar-refractivity contribution in [2.75, 3.05) is 26.2 Å². The van der Waals surface area contributed by atoms with Gasteiger partial charge in [0.1, 0.15) is 0 Å². The molecule has 0 aliphatic rings. The van der Waals surface area contributed by atoms with Gasteiger partial charge in [-0.2, -0.15) is 0 Å². The molecule has 0 heterocycles. The van der Waals surface area contributed by atoms with E-state index in [1.807, 2.05) is 0 Å². The van der Waals surface area contributed by atoms with E-state index in [1.165, 1.54) is 96.3 Å². The first-order chi connectivity index (χ1) is 18.5. The maximum Gasteiger partial charge on any atom is 0.305 e. The summed E-state index contributed by atoms with van der Waals surface area (Å²) in [5.74, 6) is 0.361. The predicted molar refractivity (Wildman–Crippen MR) is 164 cm³/mol. The van der Waals surface area contributed by atoms with Crippen molar-refractivity contribution in [1.29, 1.82) is 0 Å². The topological polar surface area (TPSA) is 117 Å². The third kappa shape index (κ3) is 28.2. The van der Waals surface area contributed by atoms with Crippen molar-refractivity contribution < 1.29 is 14.1 Å². The summed E-state index contributed by atoms with van der Waals surface area (Å²) in [5, 5.41) is 5.18. The first-order valence-electron chi connectivity index (χ1n) is 15.9. The van der Waals surface area contributed by atoms with E-state index in [4.69, 9.17) is 15.6 Å². The lowest BCUT2D eigenvalue weighted by Crippen LogP contribution is -2.27. The van der Waals surface area contributed by atoms with E-state index in [0.29, 0.717) is 25.3 Å². The number of amidine groups is 1. The van der Waals surface area contributed by atoms with Crippen LogP contribution >= 0.6 is 0 Å². The summed E-state index contributed by atoms with van der Waals surface area (Å²) in [6.45, 7) is 8.44. The largest absolute Gasteiger partial charge is 0.572 e. The van der Waals surface area contributed by atoms with Gasteiger partial charge in [-0.05, 0) is 62.6 Å². The van der Waals surface area contributed by atoms with Gasteiger partial charge in [0.15, 0.2) is 17.4 Å². The van der Waals surface area contributed by atoms with E-state index in [9.17, 15) is 9.35 Å². The van der Waals surface area contributed by atoms with Crippen molar-refractivity contribution in [2.24, 2.45) is 15.3 Å². The number of carbonyl (C=O) groups excluding carboxylic acids is 1. The molecule has 0 aliphatic heterocycles. The Hall–Kier alpha value is -0.830. The van der Waals surface area contributed by atoms with E-state index in [0.717, 1.165) is 51.7 Å². The quantitative estimate of drug-likeness (QED) is 0.0326. The lowest BCUT2D eigenvalue weighted by molar-refractivity contribution is -0.143. The second-order valence-corrected chi connectivity index (χ2v) is 11.5. The molecule has 0 fully saturated rings. The third-order valence-corrected chi connectivity index (χ3v) is 7.47. The molecular formula is C30H62N4O3S. The molecular weight excluding hydrogens is 496 g/mol. The molecule has 7 nitrogen and oxygen atoms in total. The molecule has 1 atom stereocenters. The minimum absolute atomic E-state index is 0.0236. The first kappa shape index (κ1) is 37.2. The Kier molecular flexibility index (Phi) is 28.5. The van der Waals surface area contributed by atoms with Crippen molar-refractivity contribution in [3.8, 4) is 0 Å². The van der Waals surface area contributed by atoms with Gasteiger partial charge in [-0.3, -0.25) is 4.79 Å². The van der Waals surface area contributed by atoms with E-state index < -0.39 is 11.5 Å². The van der Waals surface area contributed by atoms with Crippen LogP contribution < -0.4 is 10.9 Å². The van der Waals surface area contributed by atoms with Crippen LogP contribution in [-0.2, 0) is 21.1 Å². The van der Waals surface area contributed by atoms with E-state index in [-0.39, 0.29) is 5.97 Å². The van der Waals surface area contributed by atoms with Gasteiger partial charge in [-0.1, -0.05) is 104 Å². The normalized spacial score (nSPS) is 12.8. The van der Waals surface area contributed by atoms with Gasteiger partial charge in [-0.25, -0.2) is 0 Å². The van der Waals surface area contributed by atoms with Gasteiger partial charge in [0.2, 0.25) is 0 Å². The average Bonchev–Trinajstić information content (AvgIpc) is 2.88. The highest BCUT2D eigenvalue weighted by molar-refractivity contribution is 7.88. The van der Waals surface area contributed by atoms with Gasteiger partial charge in [-0.15, -0.1) is 5.14 Å². The number of esters is 1. The highest BCUT2D eigenvalue weighted by Crippen LogP contribution is 2.11. The first-order valence-corrected chi connectivity index (χ1v) is 17.0. The number of carbonyl (C=O) groups is 1. The van der Waals surface area contributed by atoms with Gasteiger partial charge >= 0.3 is 5.97 Å². The number of rotatable bonds is 29. The van der Waals surface area contributed by atoms with Crippen LogP contribution in [0.15, 0.2) is 4.40 Å². The summed E-state index contributed by atoms with van der Waals surface area (Å²) in [6, 6.07) is 0. The SMILES string of the molecule is CCCCCCCCCOC(=O)CCCCCCCN(CCCCCCCC)CCCCC(N)=N[S+](N)[O-]. The molecule has 0 radical (unpaired) electrons. The zero-order valence-electron chi connectivity index (χ0n) is 25.1. The van der Waals surface area contributed by atoms with Crippen LogP contribution in [0.25, 0.3) is 0 Å². The van der Waals surface area contributed by atoms with Crippen LogP contribution in [0.1, 0.15) is 155 Å². The molecule has 8 heteroatoms. The van der Waals surface area contributed by atoms with Gasteiger partial charge in [0, 0.05) is 12.8 Å². The molecule has 4 N–H and O–H groups in total. The van der Waals surface area contributed by atoms with Crippen LogP contribution in [0, 0.1) is 0 Å². The molecule has 0 aliphatic carbocycles. The number of ether oxygens (including phenoxy) is 1. The molecule has 0 rings (SSSR count). The summed E-state index contributed by atoms with van der Waals surface area (Å²) in [6.07, 6.45) is 25.4. The zero-order chi connectivity index (χ0) is 28.1. The average molecular weight is 559 g/mol. The molecule has 0 aromatic carbocycles. The smallest absolute Gasteiger partial charge is 0.305 e. The standard InChI is InChI=1S/C30H62N4O3S/c1-3-5-7-9-11-16-22-28-37-30(35)24-17-13-12-15-20-26-34(25-19-14-10-8-6-4-2)27-21-18-23-29(31)33-38(32)36/h3-28,32H2,1-2H3,(H2,31,33). The van der Waals surface area contributed by atoms with Gasteiger partial charge < -0.3 is 19.9 Å². The summed E-state index contributed by atoms with van der Waals surface area (Å²) in [7, 11) is 0. The zero-order valence-corrected chi connectivity index (χ0v) is 25.9. The summed E-state index contributed by atoms with van der Waals surface area (Å²) in [5.41, 5.74) is 5.78. The second kappa shape index (κ2) is 29.2. The molecule has 0 saturated heterocycles. The molecule has 38 heavy (non-hydrogen) atoms. The Bertz CT molecular complexity index is 550. The van der Waals surface area contributed by atoms with Crippen molar-refractivity contribution in [1.82, 2.24) is 4.90 Å². The van der Waals surface area contributed by atoms with Gasteiger partial charge in [0.05, 0.1) is 6.61 Å². The fraction of sp³-hybridized carbons (Fsp3) is 0.933. The van der Waals surface area contributed by atoms with Crippen molar-refractivity contribution in [3.05, 3.63) is 0 Å². The molecule has 0 saturated carbocycles. The molecule has 0 amide bonds. The van der Waals surface area contributed by atoms with E-state index >= 15 is 0 Å². The lowest BCUT2D eigenvalue weighted by Gasteiger charge is -2.22. The number of hydrogen-bond donors (Lipinski definition) is 2. The molecule has 0 aromatic rings. The molecule has 0 spiro atoms. The third-order valence-electron chi connectivity index (χ3n) is 7.06. The van der Waals surface area contributed by atoms with Gasteiger partial charge in [0.25, 0.3) is 0 Å². The minimum Gasteiger partial charge on any atom is -0.572 e. The van der Waals surface area contributed by atoms with Crippen LogP contribution in [0.5, 0.6) is 0 Å². The molecule has 0 bridgehead atoms. The summed E-state index contributed by atoms with van der Waals surface area (Å²) >= 11 is -1.71. The Morgan fingerprint density at radius 1 is 0.684 bits per heavy atom. The van der Waals surface area contributed by atoms with Crippen LogP contribution in [0.3, 0.4) is 0 Å². The number of hydrogen-bond acceptors (Lipinski definition) is 6. The second-order valence-electron chi connectivity index (χ2n) is 10.8. The maximum atomic E-state index is 11.9. The van der Waals surface area contributed by atoms with Crippen molar-refractivity contribution in [2.45, 2.75) is 155 Å². The van der Waals surface area contributed by atoms with Crippen molar-refractivity contribution in [3.63, 3.8) is 0 Å². The molecule has 0 aromatic heterocycles. The monoisotopic (exact) mass is 558 g/mol. The molecule has 226 valence electrons. The minimum atomic E-state index is -1.71. The van der Waals surface area contributed by atoms with Crippen LogP contribution in [0.4, 0.5) is 0 Å². The Morgan fingerprint density at radius 2 is 1.11 bits per heavy atom. The Morgan fingerprint density at radius 3 is 1.63 bits per heavy atom. The number of nitrogens with two attached hydrogens (primary N) is 2. The van der Waals surface area contributed by atoms with E-state index in [2.05, 4.69) is 23.1 Å². The predicted octanol–water partition coefficient (Wildman–Crippen LogP) is 7.35. The van der Waals surface area contributed by atoms with Crippen LogP contribution in [0.2, 0.25) is 0 Å². The highest BCUT2D eigenvalue weighted by Gasteiger charge is 2.07. The fourth-order valence-electron chi connectivity index (χ4n) is 4.71. The summed E-state index contributed by atoms with van der Waals surface area (Å²) in [4.78, 5) is 14.5. The van der Waals surface area contributed by atoms with Crippen LogP contribution in [-0.4, -0.2) is 47.5 Å². The van der Waals surface area contributed by atoms with Crippen molar-refractivity contribution >= 4 is 23.4 Å². The Balaban J connectivity index is 3.92. The lowest BCUT2D eigenvalue weighted by atomic mass is 10.1. The number of nitrogens with zero attached hydrogens (tertiary/aromatic N) is 2. The highest BCUT2D eigenvalue weighted by atomic mass is 32.2. The fourth-order valence-corrected chi connectivity index (χ4v) is 5.03. The number of unbranched alkanes of at least 4 members (excludes halogenated alkanes) is 16. The molecule has 1 unspecified atom stereocenters. The maximum absolute atomic E-state index is 11.9.